The molecule has 1 aliphatic rings. The molecule has 1 saturated heterocycles. The highest BCUT2D eigenvalue weighted by Crippen LogP contribution is 2.16. The molecular formula is C14H23N3O. The standard InChI is InChI=1S/C14H23N3O/c1-16-6-7-18-14(10-16)11-17(2)13-5-3-4-12(8-13)9-15/h3-5,8,14H,6-7,9-11,15H2,1-2H3. The van der Waals surface area contributed by atoms with Gasteiger partial charge in [-0.25, -0.2) is 0 Å². The van der Waals surface area contributed by atoms with Crippen molar-refractivity contribution in [1.82, 2.24) is 4.90 Å². The van der Waals surface area contributed by atoms with Gasteiger partial charge in [-0.2, -0.15) is 0 Å². The third-order valence-corrected chi connectivity index (χ3v) is 3.41. The van der Waals surface area contributed by atoms with Crippen LogP contribution in [-0.2, 0) is 11.3 Å². The number of morpholine rings is 1. The highest BCUT2D eigenvalue weighted by molar-refractivity contribution is 5.48. The lowest BCUT2D eigenvalue weighted by Gasteiger charge is -2.33. The van der Waals surface area contributed by atoms with Crippen LogP contribution >= 0.6 is 0 Å². The van der Waals surface area contributed by atoms with Crippen molar-refractivity contribution in [3.63, 3.8) is 0 Å². The second-order valence-electron chi connectivity index (χ2n) is 5.01. The molecule has 0 saturated carbocycles. The summed E-state index contributed by atoms with van der Waals surface area (Å²) in [4.78, 5) is 4.56. The van der Waals surface area contributed by atoms with E-state index in [4.69, 9.17) is 10.5 Å². The number of hydrogen-bond acceptors (Lipinski definition) is 4. The Hall–Kier alpha value is -1.10. The van der Waals surface area contributed by atoms with Gasteiger partial charge >= 0.3 is 0 Å². The minimum atomic E-state index is 0.287. The van der Waals surface area contributed by atoms with Gasteiger partial charge in [0, 0.05) is 38.9 Å². The lowest BCUT2D eigenvalue weighted by atomic mass is 10.2. The van der Waals surface area contributed by atoms with Gasteiger partial charge in [-0.3, -0.25) is 0 Å². The lowest BCUT2D eigenvalue weighted by molar-refractivity contribution is -0.0143. The Balaban J connectivity index is 1.95. The van der Waals surface area contributed by atoms with Crippen molar-refractivity contribution in [1.29, 1.82) is 0 Å². The first-order chi connectivity index (χ1) is 8.69. The second-order valence-corrected chi connectivity index (χ2v) is 5.01. The van der Waals surface area contributed by atoms with Gasteiger partial charge in [-0.15, -0.1) is 0 Å². The zero-order valence-electron chi connectivity index (χ0n) is 11.3. The number of anilines is 1. The van der Waals surface area contributed by atoms with Gasteiger partial charge in [0.1, 0.15) is 0 Å². The monoisotopic (exact) mass is 249 g/mol. The van der Waals surface area contributed by atoms with Crippen LogP contribution in [0.3, 0.4) is 0 Å². The summed E-state index contributed by atoms with van der Waals surface area (Å²) in [5, 5.41) is 0. The molecule has 1 unspecified atom stereocenters. The fraction of sp³-hybridized carbons (Fsp3) is 0.571. The number of likely N-dealkylation sites (N-methyl/N-ethyl adjacent to an activating group) is 2. The molecule has 1 heterocycles. The predicted octanol–water partition coefficient (Wildman–Crippen LogP) is 0.912. The molecule has 1 aliphatic heterocycles. The predicted molar refractivity (Wildman–Crippen MR) is 74.8 cm³/mol. The van der Waals surface area contributed by atoms with Crippen molar-refractivity contribution in [2.24, 2.45) is 5.73 Å². The van der Waals surface area contributed by atoms with Crippen LogP contribution < -0.4 is 10.6 Å². The van der Waals surface area contributed by atoms with Crippen molar-refractivity contribution in [2.75, 3.05) is 45.2 Å². The van der Waals surface area contributed by atoms with E-state index in [9.17, 15) is 0 Å². The van der Waals surface area contributed by atoms with Crippen LogP contribution in [0.4, 0.5) is 5.69 Å². The Labute approximate surface area is 109 Å². The molecule has 4 heteroatoms. The van der Waals surface area contributed by atoms with Gasteiger partial charge in [-0.1, -0.05) is 12.1 Å². The molecule has 0 aromatic heterocycles. The lowest BCUT2D eigenvalue weighted by Crippen LogP contribution is -2.45. The summed E-state index contributed by atoms with van der Waals surface area (Å²) in [5.74, 6) is 0. The third-order valence-electron chi connectivity index (χ3n) is 3.41. The minimum Gasteiger partial charge on any atom is -0.374 e. The van der Waals surface area contributed by atoms with E-state index in [1.807, 2.05) is 0 Å². The molecule has 4 nitrogen and oxygen atoms in total. The number of nitrogens with zero attached hydrogens (tertiary/aromatic N) is 2. The quantitative estimate of drug-likeness (QED) is 0.861. The van der Waals surface area contributed by atoms with E-state index in [-0.39, 0.29) is 6.10 Å². The summed E-state index contributed by atoms with van der Waals surface area (Å²) < 4.78 is 5.79. The van der Waals surface area contributed by atoms with Gasteiger partial charge in [0.25, 0.3) is 0 Å². The van der Waals surface area contributed by atoms with E-state index in [1.165, 1.54) is 11.3 Å². The summed E-state index contributed by atoms with van der Waals surface area (Å²) in [6.07, 6.45) is 0.287. The maximum atomic E-state index is 5.79. The number of rotatable bonds is 4. The zero-order chi connectivity index (χ0) is 13.0. The van der Waals surface area contributed by atoms with E-state index in [0.29, 0.717) is 6.54 Å². The smallest absolute Gasteiger partial charge is 0.0876 e. The molecule has 100 valence electrons. The van der Waals surface area contributed by atoms with Crippen molar-refractivity contribution < 1.29 is 4.74 Å². The van der Waals surface area contributed by atoms with E-state index in [1.54, 1.807) is 0 Å². The Morgan fingerprint density at radius 3 is 3.06 bits per heavy atom. The average molecular weight is 249 g/mol. The second kappa shape index (κ2) is 6.18. The Morgan fingerprint density at radius 2 is 2.33 bits per heavy atom. The van der Waals surface area contributed by atoms with Crippen LogP contribution in [-0.4, -0.2) is 51.3 Å². The zero-order valence-corrected chi connectivity index (χ0v) is 11.3. The van der Waals surface area contributed by atoms with Crippen LogP contribution in [0.25, 0.3) is 0 Å². The first-order valence-corrected chi connectivity index (χ1v) is 6.49. The van der Waals surface area contributed by atoms with Crippen LogP contribution in [0.5, 0.6) is 0 Å². The fourth-order valence-corrected chi connectivity index (χ4v) is 2.31. The Kier molecular flexibility index (Phi) is 4.58. The number of ether oxygens (including phenoxy) is 1. The van der Waals surface area contributed by atoms with E-state index in [2.05, 4.69) is 48.2 Å². The number of nitrogens with two attached hydrogens (primary N) is 1. The molecule has 2 rings (SSSR count). The SMILES string of the molecule is CN1CCOC(CN(C)c2cccc(CN)c2)C1. The van der Waals surface area contributed by atoms with Gasteiger partial charge in [0.15, 0.2) is 0 Å². The normalized spacial score (nSPS) is 20.9. The van der Waals surface area contributed by atoms with Crippen LogP contribution in [0.15, 0.2) is 24.3 Å². The maximum Gasteiger partial charge on any atom is 0.0876 e. The molecule has 0 aliphatic carbocycles. The molecule has 1 fully saturated rings. The molecule has 1 atom stereocenters. The van der Waals surface area contributed by atoms with E-state index >= 15 is 0 Å². The topological polar surface area (TPSA) is 41.7 Å². The van der Waals surface area contributed by atoms with E-state index in [0.717, 1.165) is 26.2 Å². The highest BCUT2D eigenvalue weighted by atomic mass is 16.5. The van der Waals surface area contributed by atoms with Gasteiger partial charge in [-0.05, 0) is 24.7 Å². The van der Waals surface area contributed by atoms with Crippen molar-refractivity contribution in [2.45, 2.75) is 12.6 Å². The van der Waals surface area contributed by atoms with Crippen molar-refractivity contribution in [3.05, 3.63) is 29.8 Å². The maximum absolute atomic E-state index is 5.79. The Bertz CT molecular complexity index is 383. The Morgan fingerprint density at radius 1 is 1.50 bits per heavy atom. The molecule has 1 aromatic rings. The van der Waals surface area contributed by atoms with E-state index < -0.39 is 0 Å². The first kappa shape index (κ1) is 13.3. The molecular weight excluding hydrogens is 226 g/mol. The molecule has 0 bridgehead atoms. The molecule has 0 radical (unpaired) electrons. The van der Waals surface area contributed by atoms with Gasteiger partial charge < -0.3 is 20.3 Å². The largest absolute Gasteiger partial charge is 0.374 e. The summed E-state index contributed by atoms with van der Waals surface area (Å²) in [5.41, 5.74) is 8.04. The number of benzene rings is 1. The van der Waals surface area contributed by atoms with Crippen LogP contribution in [0.2, 0.25) is 0 Å². The van der Waals surface area contributed by atoms with Gasteiger partial charge in [0.2, 0.25) is 0 Å². The fourth-order valence-electron chi connectivity index (χ4n) is 2.31. The highest BCUT2D eigenvalue weighted by Gasteiger charge is 2.19. The summed E-state index contributed by atoms with van der Waals surface area (Å²) in [6, 6.07) is 8.38. The summed E-state index contributed by atoms with van der Waals surface area (Å²) in [7, 11) is 4.25. The van der Waals surface area contributed by atoms with Crippen LogP contribution in [0.1, 0.15) is 5.56 Å². The van der Waals surface area contributed by atoms with Crippen molar-refractivity contribution in [3.8, 4) is 0 Å². The average Bonchev–Trinajstić information content (AvgIpc) is 2.39. The summed E-state index contributed by atoms with van der Waals surface area (Å²) >= 11 is 0. The minimum absolute atomic E-state index is 0.287. The third kappa shape index (κ3) is 3.45. The molecule has 2 N–H and O–H groups in total. The van der Waals surface area contributed by atoms with Crippen molar-refractivity contribution >= 4 is 5.69 Å². The number of hydrogen-bond donors (Lipinski definition) is 1. The summed E-state index contributed by atoms with van der Waals surface area (Å²) in [6.45, 7) is 4.37. The molecule has 18 heavy (non-hydrogen) atoms. The van der Waals surface area contributed by atoms with Gasteiger partial charge in [0.05, 0.1) is 12.7 Å². The van der Waals surface area contributed by atoms with Crippen LogP contribution in [0, 0.1) is 0 Å². The molecule has 1 aromatic carbocycles. The first-order valence-electron chi connectivity index (χ1n) is 6.49. The molecule has 0 spiro atoms. The molecule has 0 amide bonds.